The summed E-state index contributed by atoms with van der Waals surface area (Å²) < 4.78 is 0. The Morgan fingerprint density at radius 1 is 1.47 bits per heavy atom. The maximum atomic E-state index is 11.5. The van der Waals surface area contributed by atoms with E-state index in [-0.39, 0.29) is 18.0 Å². The highest BCUT2D eigenvalue weighted by molar-refractivity contribution is 6.31. The van der Waals surface area contributed by atoms with Crippen molar-refractivity contribution >= 4 is 17.5 Å². The van der Waals surface area contributed by atoms with E-state index in [1.807, 2.05) is 24.3 Å². The van der Waals surface area contributed by atoms with Gasteiger partial charge in [-0.05, 0) is 11.6 Å². The molecule has 1 aliphatic rings. The summed E-state index contributed by atoms with van der Waals surface area (Å²) in [6, 6.07) is 7.26. The highest BCUT2D eigenvalue weighted by atomic mass is 35.5. The zero-order chi connectivity index (χ0) is 11.0. The van der Waals surface area contributed by atoms with Crippen LogP contribution in [0.3, 0.4) is 0 Å². The maximum absolute atomic E-state index is 11.5. The van der Waals surface area contributed by atoms with Crippen LogP contribution in [0.4, 0.5) is 0 Å². The summed E-state index contributed by atoms with van der Waals surface area (Å²) in [6.45, 7) is 0. The van der Waals surface area contributed by atoms with Crippen LogP contribution in [0.2, 0.25) is 5.02 Å². The number of carbonyl (C=O) groups excluding carboxylic acids is 1. The van der Waals surface area contributed by atoms with Crippen molar-refractivity contribution in [2.45, 2.75) is 18.5 Å². The molecule has 80 valence electrons. The molecule has 1 fully saturated rings. The van der Waals surface area contributed by atoms with Gasteiger partial charge in [0.15, 0.2) is 0 Å². The smallest absolute Gasteiger partial charge is 0.224 e. The fraction of sp³-hybridized carbons (Fsp3) is 0.364. The predicted molar refractivity (Wildman–Crippen MR) is 59.6 cm³/mol. The van der Waals surface area contributed by atoms with Gasteiger partial charge in [0.2, 0.25) is 5.91 Å². The molecular weight excluding hydrogens is 212 g/mol. The number of carbonyl (C=O) groups is 1. The summed E-state index contributed by atoms with van der Waals surface area (Å²) in [5.41, 5.74) is 6.87. The van der Waals surface area contributed by atoms with Crippen molar-refractivity contribution in [3.63, 3.8) is 0 Å². The number of likely N-dealkylation sites (tertiary alicyclic amines) is 1. The Morgan fingerprint density at radius 2 is 2.13 bits per heavy atom. The van der Waals surface area contributed by atoms with Gasteiger partial charge in [-0.1, -0.05) is 29.8 Å². The van der Waals surface area contributed by atoms with Crippen molar-refractivity contribution in [3.05, 3.63) is 34.9 Å². The number of benzene rings is 1. The Hall–Kier alpha value is -1.06. The molecule has 1 aromatic rings. The molecule has 15 heavy (non-hydrogen) atoms. The van der Waals surface area contributed by atoms with Gasteiger partial charge in [-0.25, -0.2) is 0 Å². The third kappa shape index (κ3) is 1.73. The monoisotopic (exact) mass is 224 g/mol. The fourth-order valence-corrected chi connectivity index (χ4v) is 2.30. The quantitative estimate of drug-likeness (QED) is 0.787. The van der Waals surface area contributed by atoms with Gasteiger partial charge in [0.25, 0.3) is 0 Å². The SMILES string of the molecule is CN1C(=O)CC(N)C1c1ccccc1Cl. The second-order valence-electron chi connectivity index (χ2n) is 3.84. The Bertz CT molecular complexity index is 394. The molecule has 1 aromatic carbocycles. The van der Waals surface area contributed by atoms with Gasteiger partial charge < -0.3 is 10.6 Å². The summed E-state index contributed by atoms with van der Waals surface area (Å²) >= 11 is 6.09. The molecule has 1 saturated heterocycles. The Morgan fingerprint density at radius 3 is 2.67 bits per heavy atom. The minimum Gasteiger partial charge on any atom is -0.337 e. The van der Waals surface area contributed by atoms with Crippen LogP contribution in [0.1, 0.15) is 18.0 Å². The molecule has 4 heteroatoms. The van der Waals surface area contributed by atoms with Crippen molar-refractivity contribution in [1.29, 1.82) is 0 Å². The first kappa shape index (κ1) is 10.5. The topological polar surface area (TPSA) is 46.3 Å². The summed E-state index contributed by atoms with van der Waals surface area (Å²) in [5, 5.41) is 0.666. The number of nitrogens with zero attached hydrogens (tertiary/aromatic N) is 1. The number of likely N-dealkylation sites (N-methyl/N-ethyl adjacent to an activating group) is 1. The lowest BCUT2D eigenvalue weighted by Crippen LogP contribution is -2.30. The lowest BCUT2D eigenvalue weighted by atomic mass is 10.0. The van der Waals surface area contributed by atoms with Crippen LogP contribution in [0, 0.1) is 0 Å². The molecule has 2 N–H and O–H groups in total. The number of hydrogen-bond acceptors (Lipinski definition) is 2. The van der Waals surface area contributed by atoms with Crippen molar-refractivity contribution in [3.8, 4) is 0 Å². The van der Waals surface area contributed by atoms with Crippen LogP contribution in [-0.2, 0) is 4.79 Å². The number of amides is 1. The summed E-state index contributed by atoms with van der Waals surface area (Å²) in [4.78, 5) is 13.2. The van der Waals surface area contributed by atoms with E-state index in [0.29, 0.717) is 11.4 Å². The lowest BCUT2D eigenvalue weighted by molar-refractivity contribution is -0.127. The molecule has 3 nitrogen and oxygen atoms in total. The molecule has 1 heterocycles. The highest BCUT2D eigenvalue weighted by Gasteiger charge is 2.36. The van der Waals surface area contributed by atoms with Crippen LogP contribution >= 0.6 is 11.6 Å². The van der Waals surface area contributed by atoms with E-state index in [9.17, 15) is 4.79 Å². The molecule has 0 aromatic heterocycles. The number of halogens is 1. The van der Waals surface area contributed by atoms with Gasteiger partial charge in [0.05, 0.1) is 6.04 Å². The minimum atomic E-state index is -0.164. The van der Waals surface area contributed by atoms with E-state index >= 15 is 0 Å². The number of hydrogen-bond donors (Lipinski definition) is 1. The molecular formula is C11H13ClN2O. The summed E-state index contributed by atoms with van der Waals surface area (Å²) in [7, 11) is 1.77. The molecule has 0 saturated carbocycles. The first-order chi connectivity index (χ1) is 7.11. The van der Waals surface area contributed by atoms with Crippen LogP contribution in [0.25, 0.3) is 0 Å². The zero-order valence-corrected chi connectivity index (χ0v) is 9.24. The van der Waals surface area contributed by atoms with Gasteiger partial charge in [0, 0.05) is 24.5 Å². The second kappa shape index (κ2) is 3.83. The first-order valence-electron chi connectivity index (χ1n) is 4.87. The highest BCUT2D eigenvalue weighted by Crippen LogP contribution is 2.34. The molecule has 2 atom stereocenters. The molecule has 0 radical (unpaired) electrons. The van der Waals surface area contributed by atoms with Crippen molar-refractivity contribution < 1.29 is 4.79 Å². The van der Waals surface area contributed by atoms with E-state index in [1.54, 1.807) is 11.9 Å². The van der Waals surface area contributed by atoms with Crippen LogP contribution in [0.5, 0.6) is 0 Å². The minimum absolute atomic E-state index is 0.0763. The van der Waals surface area contributed by atoms with E-state index in [0.717, 1.165) is 5.56 Å². The number of rotatable bonds is 1. The molecule has 0 bridgehead atoms. The third-order valence-electron chi connectivity index (χ3n) is 2.85. The second-order valence-corrected chi connectivity index (χ2v) is 4.25. The van der Waals surface area contributed by atoms with Gasteiger partial charge in [0.1, 0.15) is 0 Å². The van der Waals surface area contributed by atoms with Gasteiger partial charge in [-0.2, -0.15) is 0 Å². The van der Waals surface area contributed by atoms with Crippen LogP contribution in [0.15, 0.2) is 24.3 Å². The Labute approximate surface area is 93.8 Å². The average molecular weight is 225 g/mol. The Kier molecular flexibility index (Phi) is 2.67. The summed E-state index contributed by atoms with van der Waals surface area (Å²) in [5.74, 6) is 0.0763. The number of nitrogens with two attached hydrogens (primary N) is 1. The van der Waals surface area contributed by atoms with Gasteiger partial charge >= 0.3 is 0 Å². The lowest BCUT2D eigenvalue weighted by Gasteiger charge is -2.24. The molecule has 0 aliphatic carbocycles. The van der Waals surface area contributed by atoms with Gasteiger partial charge in [-0.3, -0.25) is 4.79 Å². The normalized spacial score (nSPS) is 26.1. The Balaban J connectivity index is 2.39. The van der Waals surface area contributed by atoms with Crippen molar-refractivity contribution in [2.75, 3.05) is 7.05 Å². The fourth-order valence-electron chi connectivity index (χ4n) is 2.05. The molecule has 2 unspecified atom stereocenters. The molecule has 1 aliphatic heterocycles. The average Bonchev–Trinajstić information content (AvgIpc) is 2.43. The van der Waals surface area contributed by atoms with Crippen LogP contribution in [-0.4, -0.2) is 23.9 Å². The largest absolute Gasteiger partial charge is 0.337 e. The van der Waals surface area contributed by atoms with E-state index < -0.39 is 0 Å². The van der Waals surface area contributed by atoms with E-state index in [1.165, 1.54) is 0 Å². The van der Waals surface area contributed by atoms with Gasteiger partial charge in [-0.15, -0.1) is 0 Å². The van der Waals surface area contributed by atoms with E-state index in [2.05, 4.69) is 0 Å². The molecule has 0 spiro atoms. The third-order valence-corrected chi connectivity index (χ3v) is 3.19. The maximum Gasteiger partial charge on any atom is 0.224 e. The first-order valence-corrected chi connectivity index (χ1v) is 5.24. The van der Waals surface area contributed by atoms with Crippen LogP contribution < -0.4 is 5.73 Å². The van der Waals surface area contributed by atoms with Crippen molar-refractivity contribution in [2.24, 2.45) is 5.73 Å². The summed E-state index contributed by atoms with van der Waals surface area (Å²) in [6.07, 6.45) is 0.395. The van der Waals surface area contributed by atoms with E-state index in [4.69, 9.17) is 17.3 Å². The predicted octanol–water partition coefficient (Wildman–Crippen LogP) is 1.57. The zero-order valence-electron chi connectivity index (χ0n) is 8.48. The molecule has 2 rings (SSSR count). The van der Waals surface area contributed by atoms with Crippen molar-refractivity contribution in [1.82, 2.24) is 4.90 Å². The molecule has 1 amide bonds. The standard InChI is InChI=1S/C11H13ClN2O/c1-14-10(15)6-9(13)11(14)7-4-2-3-5-8(7)12/h2-5,9,11H,6,13H2,1H3.